The van der Waals surface area contributed by atoms with Gasteiger partial charge in [-0.2, -0.15) is 13.2 Å². The van der Waals surface area contributed by atoms with E-state index in [4.69, 9.17) is 0 Å². The highest BCUT2D eigenvalue weighted by Crippen LogP contribution is 2.34. The van der Waals surface area contributed by atoms with Gasteiger partial charge in [-0.25, -0.2) is 0 Å². The number of nitrogens with one attached hydrogen (secondary N) is 2. The molecule has 0 radical (unpaired) electrons. The monoisotopic (exact) mass is 260 g/mol. The van der Waals surface area contributed by atoms with E-state index in [-0.39, 0.29) is 5.69 Å². The maximum atomic E-state index is 12.7. The van der Waals surface area contributed by atoms with Crippen LogP contribution in [-0.4, -0.2) is 18.5 Å². The number of amides is 1. The number of anilines is 1. The van der Waals surface area contributed by atoms with Crippen molar-refractivity contribution in [1.82, 2.24) is 5.32 Å². The van der Waals surface area contributed by atoms with Crippen molar-refractivity contribution < 1.29 is 18.0 Å². The third-order valence-corrected chi connectivity index (χ3v) is 2.67. The van der Waals surface area contributed by atoms with E-state index in [2.05, 4.69) is 10.6 Å². The minimum Gasteiger partial charge on any atom is -0.324 e. The van der Waals surface area contributed by atoms with Crippen LogP contribution in [0.2, 0.25) is 0 Å². The van der Waals surface area contributed by atoms with E-state index in [1.54, 1.807) is 20.9 Å². The average molecular weight is 260 g/mol. The second-order valence-corrected chi connectivity index (χ2v) is 4.37. The Bertz CT molecular complexity index is 441. The van der Waals surface area contributed by atoms with Crippen LogP contribution in [0.5, 0.6) is 0 Å². The maximum Gasteiger partial charge on any atom is 0.418 e. The first-order valence-electron chi connectivity index (χ1n) is 5.35. The Labute approximate surface area is 103 Å². The van der Waals surface area contributed by atoms with Crippen molar-refractivity contribution in [2.75, 3.05) is 12.4 Å². The number of para-hydroxylation sites is 1. The van der Waals surface area contributed by atoms with Crippen LogP contribution in [0.1, 0.15) is 19.4 Å². The topological polar surface area (TPSA) is 41.1 Å². The highest BCUT2D eigenvalue weighted by atomic mass is 19.4. The number of benzene rings is 1. The number of hydrogen-bond donors (Lipinski definition) is 2. The largest absolute Gasteiger partial charge is 0.418 e. The van der Waals surface area contributed by atoms with Crippen molar-refractivity contribution in [2.24, 2.45) is 0 Å². The lowest BCUT2D eigenvalue weighted by Crippen LogP contribution is -2.48. The number of carbonyl (C=O) groups excluding carboxylic acids is 1. The standard InChI is InChI=1S/C12H15F3N2O/c1-11(2,16-3)10(18)17-9-7-5-4-6-8(9)12(13,14)15/h4-7,16H,1-3H3,(H,17,18). The molecular formula is C12H15F3N2O. The summed E-state index contributed by atoms with van der Waals surface area (Å²) in [5, 5.41) is 5.01. The molecule has 0 saturated carbocycles. The van der Waals surface area contributed by atoms with Crippen molar-refractivity contribution in [3.05, 3.63) is 29.8 Å². The Morgan fingerprint density at radius 1 is 1.17 bits per heavy atom. The Kier molecular flexibility index (Phi) is 4.01. The molecule has 0 aromatic heterocycles. The lowest BCUT2D eigenvalue weighted by molar-refractivity contribution is -0.137. The van der Waals surface area contributed by atoms with Crippen molar-refractivity contribution in [2.45, 2.75) is 25.6 Å². The number of alkyl halides is 3. The highest BCUT2D eigenvalue weighted by molar-refractivity contribution is 5.98. The molecule has 1 aromatic carbocycles. The van der Waals surface area contributed by atoms with E-state index in [0.717, 1.165) is 6.07 Å². The first-order chi connectivity index (χ1) is 8.18. The van der Waals surface area contributed by atoms with Gasteiger partial charge >= 0.3 is 6.18 Å². The predicted molar refractivity (Wildman–Crippen MR) is 63.2 cm³/mol. The molecule has 3 nitrogen and oxygen atoms in total. The van der Waals surface area contributed by atoms with E-state index < -0.39 is 23.2 Å². The maximum absolute atomic E-state index is 12.7. The van der Waals surface area contributed by atoms with Crippen LogP contribution in [0.4, 0.5) is 18.9 Å². The molecule has 0 aliphatic rings. The van der Waals surface area contributed by atoms with E-state index in [0.29, 0.717) is 0 Å². The summed E-state index contributed by atoms with van der Waals surface area (Å²) in [7, 11) is 1.56. The summed E-state index contributed by atoms with van der Waals surface area (Å²) in [6.45, 7) is 3.16. The Balaban J connectivity index is 3.03. The van der Waals surface area contributed by atoms with E-state index >= 15 is 0 Å². The second kappa shape index (κ2) is 4.97. The second-order valence-electron chi connectivity index (χ2n) is 4.37. The number of halogens is 3. The fourth-order valence-electron chi connectivity index (χ4n) is 1.23. The molecule has 1 rings (SSSR count). The summed E-state index contributed by atoms with van der Waals surface area (Å²) in [4.78, 5) is 11.8. The Morgan fingerprint density at radius 3 is 2.22 bits per heavy atom. The minimum absolute atomic E-state index is 0.238. The first-order valence-corrected chi connectivity index (χ1v) is 5.35. The summed E-state index contributed by atoms with van der Waals surface area (Å²) < 4.78 is 38.1. The average Bonchev–Trinajstić information content (AvgIpc) is 2.28. The van der Waals surface area contributed by atoms with Crippen LogP contribution in [0.15, 0.2) is 24.3 Å². The normalized spacial score (nSPS) is 12.3. The van der Waals surface area contributed by atoms with Gasteiger partial charge in [-0.1, -0.05) is 12.1 Å². The van der Waals surface area contributed by atoms with Gasteiger partial charge in [0.1, 0.15) is 0 Å². The predicted octanol–water partition coefficient (Wildman–Crippen LogP) is 2.64. The summed E-state index contributed by atoms with van der Waals surface area (Å²) in [5.41, 5.74) is -2.04. The van der Waals surface area contributed by atoms with Gasteiger partial charge in [-0.3, -0.25) is 4.79 Å². The molecule has 0 fully saturated rings. The summed E-state index contributed by atoms with van der Waals surface area (Å²) in [5.74, 6) is -0.526. The van der Waals surface area contributed by atoms with Gasteiger partial charge in [0.25, 0.3) is 0 Å². The molecule has 0 aliphatic carbocycles. The van der Waals surface area contributed by atoms with Crippen molar-refractivity contribution in [3.63, 3.8) is 0 Å². The highest BCUT2D eigenvalue weighted by Gasteiger charge is 2.34. The minimum atomic E-state index is -4.49. The van der Waals surface area contributed by atoms with Crippen LogP contribution < -0.4 is 10.6 Å². The third-order valence-electron chi connectivity index (χ3n) is 2.67. The SMILES string of the molecule is CNC(C)(C)C(=O)Nc1ccccc1C(F)(F)F. The number of carbonyl (C=O) groups is 1. The summed E-state index contributed by atoms with van der Waals surface area (Å²) in [6, 6.07) is 4.88. The zero-order valence-electron chi connectivity index (χ0n) is 10.4. The van der Waals surface area contributed by atoms with Gasteiger partial charge in [0.05, 0.1) is 16.8 Å². The van der Waals surface area contributed by atoms with Crippen LogP contribution in [0.3, 0.4) is 0 Å². The van der Waals surface area contributed by atoms with Gasteiger partial charge in [0.15, 0.2) is 0 Å². The lowest BCUT2D eigenvalue weighted by Gasteiger charge is -2.24. The molecule has 0 atom stereocenters. The molecule has 0 aliphatic heterocycles. The lowest BCUT2D eigenvalue weighted by atomic mass is 10.0. The van der Waals surface area contributed by atoms with Gasteiger partial charge in [0, 0.05) is 0 Å². The number of likely N-dealkylation sites (N-methyl/N-ethyl adjacent to an activating group) is 1. The van der Waals surface area contributed by atoms with Crippen LogP contribution >= 0.6 is 0 Å². The van der Waals surface area contributed by atoms with Gasteiger partial charge in [0.2, 0.25) is 5.91 Å². The van der Waals surface area contributed by atoms with Crippen molar-refractivity contribution in [3.8, 4) is 0 Å². The fraction of sp³-hybridized carbons (Fsp3) is 0.417. The fourth-order valence-corrected chi connectivity index (χ4v) is 1.23. The molecule has 0 unspecified atom stereocenters. The van der Waals surface area contributed by atoms with Gasteiger partial charge in [-0.05, 0) is 33.0 Å². The smallest absolute Gasteiger partial charge is 0.324 e. The van der Waals surface area contributed by atoms with Crippen LogP contribution in [-0.2, 0) is 11.0 Å². The summed E-state index contributed by atoms with van der Waals surface area (Å²) >= 11 is 0. The molecular weight excluding hydrogens is 245 g/mol. The van der Waals surface area contributed by atoms with E-state index in [1.807, 2.05) is 0 Å². The van der Waals surface area contributed by atoms with Crippen LogP contribution in [0.25, 0.3) is 0 Å². The number of rotatable bonds is 3. The third kappa shape index (κ3) is 3.22. The molecule has 18 heavy (non-hydrogen) atoms. The van der Waals surface area contributed by atoms with Crippen molar-refractivity contribution in [1.29, 1.82) is 0 Å². The molecule has 0 bridgehead atoms. The number of hydrogen-bond acceptors (Lipinski definition) is 2. The zero-order chi connectivity index (χ0) is 14.0. The molecule has 0 saturated heterocycles. The molecule has 1 aromatic rings. The molecule has 100 valence electrons. The van der Waals surface area contributed by atoms with Gasteiger partial charge < -0.3 is 10.6 Å². The molecule has 0 spiro atoms. The van der Waals surface area contributed by atoms with Gasteiger partial charge in [-0.15, -0.1) is 0 Å². The molecule has 6 heteroatoms. The first kappa shape index (κ1) is 14.5. The Hall–Kier alpha value is -1.56. The van der Waals surface area contributed by atoms with Crippen LogP contribution in [0, 0.1) is 0 Å². The molecule has 2 N–H and O–H groups in total. The zero-order valence-corrected chi connectivity index (χ0v) is 10.4. The van der Waals surface area contributed by atoms with E-state index in [1.165, 1.54) is 18.2 Å². The van der Waals surface area contributed by atoms with Crippen molar-refractivity contribution >= 4 is 11.6 Å². The molecule has 0 heterocycles. The van der Waals surface area contributed by atoms with E-state index in [9.17, 15) is 18.0 Å². The molecule has 1 amide bonds. The quantitative estimate of drug-likeness (QED) is 0.877. The summed E-state index contributed by atoms with van der Waals surface area (Å²) in [6.07, 6.45) is -4.49. The Morgan fingerprint density at radius 2 is 1.72 bits per heavy atom.